The lowest BCUT2D eigenvalue weighted by atomic mass is 9.98. The molecular formula is C22H24Cl3NO6S. The first-order valence-corrected chi connectivity index (χ1v) is 12.1. The zero-order valence-corrected chi connectivity index (χ0v) is 20.4. The quantitative estimate of drug-likeness (QED) is 0.440. The Morgan fingerprint density at radius 2 is 1.67 bits per heavy atom. The fourth-order valence-corrected chi connectivity index (χ4v) is 4.47. The van der Waals surface area contributed by atoms with Crippen molar-refractivity contribution in [1.29, 1.82) is 0 Å². The van der Waals surface area contributed by atoms with Gasteiger partial charge < -0.3 is 29.7 Å². The second kappa shape index (κ2) is 12.5. The van der Waals surface area contributed by atoms with Crippen LogP contribution in [0.15, 0.2) is 65.6 Å². The van der Waals surface area contributed by atoms with Crippen LogP contribution in [0.4, 0.5) is 4.79 Å². The molecule has 5 atom stereocenters. The van der Waals surface area contributed by atoms with Crippen LogP contribution in [-0.4, -0.2) is 63.1 Å². The monoisotopic (exact) mass is 535 g/mol. The zero-order valence-electron chi connectivity index (χ0n) is 17.4. The maximum absolute atomic E-state index is 12.2. The summed E-state index contributed by atoms with van der Waals surface area (Å²) in [4.78, 5) is 13.1. The predicted molar refractivity (Wildman–Crippen MR) is 128 cm³/mol. The predicted octanol–water partition coefficient (Wildman–Crippen LogP) is 3.91. The van der Waals surface area contributed by atoms with Gasteiger partial charge in [-0.15, -0.1) is 0 Å². The Kier molecular flexibility index (Phi) is 9.96. The molecule has 11 heteroatoms. The van der Waals surface area contributed by atoms with Gasteiger partial charge in [-0.2, -0.15) is 0 Å². The molecule has 1 fully saturated rings. The molecule has 1 heterocycles. The molecule has 2 aromatic carbocycles. The van der Waals surface area contributed by atoms with Crippen LogP contribution in [0, 0.1) is 0 Å². The molecule has 1 aliphatic rings. The molecule has 1 amide bonds. The summed E-state index contributed by atoms with van der Waals surface area (Å²) in [5, 5.41) is 24.0. The van der Waals surface area contributed by atoms with Crippen molar-refractivity contribution >= 4 is 52.7 Å². The number of benzene rings is 2. The fraction of sp³-hybridized carbons (Fsp3) is 0.409. The third-order valence-electron chi connectivity index (χ3n) is 4.74. The van der Waals surface area contributed by atoms with Gasteiger partial charge in [0.2, 0.25) is 3.79 Å². The second-order valence-corrected chi connectivity index (χ2v) is 11.0. The summed E-state index contributed by atoms with van der Waals surface area (Å²) in [6.45, 7) is -0.114. The lowest BCUT2D eigenvalue weighted by Gasteiger charge is -2.42. The van der Waals surface area contributed by atoms with Crippen LogP contribution in [0.1, 0.15) is 5.56 Å². The SMILES string of the molecule is O=C(NC1[C@@H](O)[C@@H](O)C(COCc2ccccc2)O[C@H]1Sc1ccccc1)OCC(Cl)(Cl)Cl. The molecule has 2 unspecified atom stereocenters. The number of thioether (sulfide) groups is 1. The van der Waals surface area contributed by atoms with E-state index in [2.05, 4.69) is 5.32 Å². The van der Waals surface area contributed by atoms with Crippen molar-refractivity contribution < 1.29 is 29.2 Å². The average Bonchev–Trinajstić information content (AvgIpc) is 2.79. The van der Waals surface area contributed by atoms with E-state index in [1.54, 1.807) is 0 Å². The molecule has 1 aliphatic heterocycles. The van der Waals surface area contributed by atoms with Crippen LogP contribution >= 0.6 is 46.6 Å². The van der Waals surface area contributed by atoms with Gasteiger partial charge in [0.15, 0.2) is 0 Å². The normalized spacial score (nSPS) is 25.4. The standard InChI is InChI=1S/C22H24Cl3NO6S/c23-22(24,25)13-31-21(29)26-17-19(28)18(27)16(12-30-11-14-7-3-1-4-8-14)32-20(17)33-15-9-5-2-6-10-15/h1-10,16-20,27-28H,11-13H2,(H,26,29)/t16?,17?,18-,19+,20-/m0/s1. The van der Waals surface area contributed by atoms with E-state index in [0.29, 0.717) is 6.61 Å². The Labute approximate surface area is 211 Å². The lowest BCUT2D eigenvalue weighted by molar-refractivity contribution is -0.177. The minimum atomic E-state index is -1.78. The third kappa shape index (κ3) is 8.49. The van der Waals surface area contributed by atoms with Crippen LogP contribution in [0.25, 0.3) is 0 Å². The first-order chi connectivity index (χ1) is 15.7. The molecule has 0 spiro atoms. The Morgan fingerprint density at radius 1 is 1.03 bits per heavy atom. The fourth-order valence-electron chi connectivity index (χ4n) is 3.15. The number of rotatable bonds is 8. The van der Waals surface area contributed by atoms with E-state index >= 15 is 0 Å². The molecule has 3 rings (SSSR count). The molecule has 2 aromatic rings. The molecule has 180 valence electrons. The number of halogens is 3. The molecular weight excluding hydrogens is 513 g/mol. The number of aliphatic hydroxyl groups excluding tert-OH is 2. The molecule has 1 saturated heterocycles. The van der Waals surface area contributed by atoms with Crippen LogP contribution in [-0.2, 0) is 20.8 Å². The summed E-state index contributed by atoms with van der Waals surface area (Å²) in [6.07, 6.45) is -4.41. The van der Waals surface area contributed by atoms with Crippen LogP contribution in [0.3, 0.4) is 0 Å². The highest BCUT2D eigenvalue weighted by Crippen LogP contribution is 2.34. The Bertz CT molecular complexity index is 873. The van der Waals surface area contributed by atoms with Crippen molar-refractivity contribution in [3.05, 3.63) is 66.2 Å². The van der Waals surface area contributed by atoms with Gasteiger partial charge in [0.1, 0.15) is 30.4 Å². The first kappa shape index (κ1) is 26.4. The van der Waals surface area contributed by atoms with E-state index < -0.39 is 46.3 Å². The summed E-state index contributed by atoms with van der Waals surface area (Å²) in [7, 11) is 0. The second-order valence-electron chi connectivity index (χ2n) is 7.32. The van der Waals surface area contributed by atoms with Gasteiger partial charge in [-0.3, -0.25) is 0 Å². The van der Waals surface area contributed by atoms with Crippen molar-refractivity contribution in [3.8, 4) is 0 Å². The number of carbonyl (C=O) groups is 1. The summed E-state index contributed by atoms with van der Waals surface area (Å²) in [5.41, 5.74) is 0.214. The van der Waals surface area contributed by atoms with Crippen LogP contribution in [0.5, 0.6) is 0 Å². The topological polar surface area (TPSA) is 97.3 Å². The Hall–Kier alpha value is -1.23. The van der Waals surface area contributed by atoms with Gasteiger partial charge in [0.25, 0.3) is 0 Å². The van der Waals surface area contributed by atoms with Crippen molar-refractivity contribution in [3.63, 3.8) is 0 Å². The number of hydrogen-bond acceptors (Lipinski definition) is 7. The van der Waals surface area contributed by atoms with E-state index in [9.17, 15) is 15.0 Å². The number of hydrogen-bond donors (Lipinski definition) is 3. The summed E-state index contributed by atoms with van der Waals surface area (Å²) < 4.78 is 14.9. The van der Waals surface area contributed by atoms with Gasteiger partial charge in [-0.05, 0) is 17.7 Å². The minimum Gasteiger partial charge on any atom is -0.445 e. The van der Waals surface area contributed by atoms with Gasteiger partial charge in [0.05, 0.1) is 19.3 Å². The zero-order chi connectivity index (χ0) is 23.8. The van der Waals surface area contributed by atoms with E-state index in [0.717, 1.165) is 10.5 Å². The molecule has 0 saturated carbocycles. The van der Waals surface area contributed by atoms with Crippen LogP contribution in [0.2, 0.25) is 0 Å². The number of alkyl halides is 3. The highest BCUT2D eigenvalue weighted by molar-refractivity contribution is 7.99. The lowest BCUT2D eigenvalue weighted by Crippen LogP contribution is -2.63. The molecule has 33 heavy (non-hydrogen) atoms. The Morgan fingerprint density at radius 3 is 2.30 bits per heavy atom. The average molecular weight is 537 g/mol. The smallest absolute Gasteiger partial charge is 0.407 e. The number of ether oxygens (including phenoxy) is 3. The number of alkyl carbamates (subject to hydrolysis) is 1. The summed E-state index contributed by atoms with van der Waals surface area (Å²) >= 11 is 18.1. The van der Waals surface area contributed by atoms with Gasteiger partial charge >= 0.3 is 6.09 Å². The van der Waals surface area contributed by atoms with Crippen molar-refractivity contribution in [2.75, 3.05) is 13.2 Å². The first-order valence-electron chi connectivity index (χ1n) is 10.1. The summed E-state index contributed by atoms with van der Waals surface area (Å²) in [6, 6.07) is 17.9. The molecule has 0 radical (unpaired) electrons. The summed E-state index contributed by atoms with van der Waals surface area (Å²) in [5.74, 6) is 0. The molecule has 3 N–H and O–H groups in total. The van der Waals surface area contributed by atoms with E-state index in [-0.39, 0.29) is 6.61 Å². The molecule has 0 bridgehead atoms. The number of amides is 1. The number of nitrogens with one attached hydrogen (secondary N) is 1. The number of carbonyl (C=O) groups excluding carboxylic acids is 1. The minimum absolute atomic E-state index is 0.0450. The van der Waals surface area contributed by atoms with Crippen LogP contribution < -0.4 is 5.32 Å². The maximum Gasteiger partial charge on any atom is 0.407 e. The Balaban J connectivity index is 1.67. The third-order valence-corrected chi connectivity index (χ3v) is 6.25. The van der Waals surface area contributed by atoms with Gasteiger partial charge in [0, 0.05) is 4.90 Å². The van der Waals surface area contributed by atoms with Gasteiger partial charge in [-0.1, -0.05) is 95.1 Å². The highest BCUT2D eigenvalue weighted by Gasteiger charge is 2.46. The largest absolute Gasteiger partial charge is 0.445 e. The van der Waals surface area contributed by atoms with E-state index in [4.69, 9.17) is 49.0 Å². The number of aliphatic hydroxyl groups is 2. The molecule has 0 aliphatic carbocycles. The van der Waals surface area contributed by atoms with Crippen molar-refractivity contribution in [1.82, 2.24) is 5.32 Å². The highest BCUT2D eigenvalue weighted by atomic mass is 35.6. The van der Waals surface area contributed by atoms with E-state index in [1.165, 1.54) is 11.8 Å². The van der Waals surface area contributed by atoms with Gasteiger partial charge in [-0.25, -0.2) is 4.79 Å². The molecule has 0 aromatic heterocycles. The van der Waals surface area contributed by atoms with Crippen molar-refractivity contribution in [2.24, 2.45) is 0 Å². The maximum atomic E-state index is 12.2. The van der Waals surface area contributed by atoms with Crippen molar-refractivity contribution in [2.45, 2.75) is 45.1 Å². The molecule has 7 nitrogen and oxygen atoms in total. The van der Waals surface area contributed by atoms with E-state index in [1.807, 2.05) is 60.7 Å².